The molecule has 3 aliphatic carbocycles. The molecule has 0 aromatic rings. The number of primary amides is 1. The van der Waals surface area contributed by atoms with Crippen LogP contribution in [0.25, 0.3) is 0 Å². The van der Waals surface area contributed by atoms with Gasteiger partial charge in [-0.1, -0.05) is 65.2 Å². The second kappa shape index (κ2) is 12.3. The maximum atomic E-state index is 14.2. The third-order valence-corrected chi connectivity index (χ3v) is 10.1. The molecule has 0 bridgehead atoms. The van der Waals surface area contributed by atoms with E-state index in [1.54, 1.807) is 4.90 Å². The predicted octanol–water partition coefficient (Wildman–Crippen LogP) is 3.03. The summed E-state index contributed by atoms with van der Waals surface area (Å²) < 4.78 is 0. The molecule has 4 aliphatic rings. The average molecular weight is 574 g/mol. The second-order valence-electron chi connectivity index (χ2n) is 14.6. The summed E-state index contributed by atoms with van der Waals surface area (Å²) in [5.41, 5.74) is 4.80. The number of piperidine rings is 1. The van der Waals surface area contributed by atoms with Crippen LogP contribution in [0.3, 0.4) is 0 Å². The summed E-state index contributed by atoms with van der Waals surface area (Å²) in [4.78, 5) is 67.5. The highest BCUT2D eigenvalue weighted by molar-refractivity contribution is 6.37. The summed E-state index contributed by atoms with van der Waals surface area (Å²) in [6.45, 7) is 10.3. The van der Waals surface area contributed by atoms with Gasteiger partial charge in [0.2, 0.25) is 17.6 Å². The molecule has 1 heterocycles. The molecule has 5 atom stereocenters. The molecule has 0 aromatic carbocycles. The molecule has 1 aliphatic heterocycles. The number of nitrogens with two attached hydrogens (primary N) is 1. The number of carbonyl (C=O) groups excluding carboxylic acids is 5. The van der Waals surface area contributed by atoms with E-state index in [0.717, 1.165) is 64.2 Å². The predicted molar refractivity (Wildman–Crippen MR) is 155 cm³/mol. The highest BCUT2D eigenvalue weighted by atomic mass is 16.2. The number of carbonyl (C=O) groups is 5. The van der Waals surface area contributed by atoms with E-state index >= 15 is 0 Å². The number of nitrogens with one attached hydrogen (secondary N) is 3. The van der Waals surface area contributed by atoms with E-state index in [1.165, 1.54) is 0 Å². The number of rotatable bonds is 9. The molecule has 41 heavy (non-hydrogen) atoms. The molecule has 5 amide bonds. The minimum atomic E-state index is -1.05. The van der Waals surface area contributed by atoms with Gasteiger partial charge in [-0.3, -0.25) is 19.2 Å². The number of ketones is 1. The number of likely N-dealkylation sites (tertiary alicyclic amines) is 1. The van der Waals surface area contributed by atoms with Gasteiger partial charge in [-0.2, -0.15) is 0 Å². The molecule has 3 saturated carbocycles. The molecule has 10 nitrogen and oxygen atoms in total. The fourth-order valence-corrected chi connectivity index (χ4v) is 7.78. The van der Waals surface area contributed by atoms with Crippen LogP contribution in [0.5, 0.6) is 0 Å². The van der Waals surface area contributed by atoms with Gasteiger partial charge in [-0.25, -0.2) is 4.79 Å². The second-order valence-corrected chi connectivity index (χ2v) is 14.6. The van der Waals surface area contributed by atoms with E-state index in [2.05, 4.69) is 29.8 Å². The largest absolute Gasteiger partial charge is 0.363 e. The van der Waals surface area contributed by atoms with Crippen molar-refractivity contribution in [2.75, 3.05) is 6.54 Å². The number of hydrogen-bond donors (Lipinski definition) is 4. The van der Waals surface area contributed by atoms with Crippen LogP contribution in [0.1, 0.15) is 105 Å². The smallest absolute Gasteiger partial charge is 0.315 e. The third kappa shape index (κ3) is 7.23. The monoisotopic (exact) mass is 573 g/mol. The molecular formula is C31H51N5O5. The van der Waals surface area contributed by atoms with Crippen molar-refractivity contribution in [3.63, 3.8) is 0 Å². The van der Waals surface area contributed by atoms with Crippen LogP contribution in [-0.4, -0.2) is 64.6 Å². The molecule has 4 fully saturated rings. The van der Waals surface area contributed by atoms with Gasteiger partial charge in [-0.15, -0.1) is 0 Å². The van der Waals surface area contributed by atoms with E-state index in [4.69, 9.17) is 5.73 Å². The molecule has 10 heteroatoms. The number of amides is 5. The van der Waals surface area contributed by atoms with E-state index in [9.17, 15) is 24.0 Å². The van der Waals surface area contributed by atoms with E-state index < -0.39 is 47.3 Å². The van der Waals surface area contributed by atoms with Gasteiger partial charge in [0.25, 0.3) is 5.91 Å². The Morgan fingerprint density at radius 3 is 2.05 bits per heavy atom. The standard InChI is InChI=1S/C31H51N5O5/c1-30(2,3)35-29(41)34-23(19-14-10-7-11-15-19)28(40)36-17-20-22(31(20,4)5)24(36)27(39)33-21(25(37)26(32)38)16-18-12-8-6-9-13-18/h18-24H,6-17H2,1-5H3,(H2,32,38)(H,33,39)(H2,34,35,41)/t20?,21?,22?,23-,24-/m0/s1. The van der Waals surface area contributed by atoms with Crippen LogP contribution in [0.15, 0.2) is 0 Å². The van der Waals surface area contributed by atoms with Gasteiger partial charge in [0.05, 0.1) is 6.04 Å². The van der Waals surface area contributed by atoms with Gasteiger partial charge in [0, 0.05) is 12.1 Å². The first kappa shape index (κ1) is 31.3. The Morgan fingerprint density at radius 1 is 0.902 bits per heavy atom. The van der Waals surface area contributed by atoms with Crippen molar-refractivity contribution in [3.8, 4) is 0 Å². The van der Waals surface area contributed by atoms with Crippen molar-refractivity contribution in [1.82, 2.24) is 20.9 Å². The normalized spacial score (nSPS) is 27.7. The minimum Gasteiger partial charge on any atom is -0.363 e. The van der Waals surface area contributed by atoms with Gasteiger partial charge < -0.3 is 26.6 Å². The fourth-order valence-electron chi connectivity index (χ4n) is 7.78. The van der Waals surface area contributed by atoms with Crippen LogP contribution in [0.4, 0.5) is 4.79 Å². The first-order valence-electron chi connectivity index (χ1n) is 15.7. The Bertz CT molecular complexity index is 1020. The number of nitrogens with zero attached hydrogens (tertiary/aromatic N) is 1. The van der Waals surface area contributed by atoms with E-state index in [1.807, 2.05) is 20.8 Å². The summed E-state index contributed by atoms with van der Waals surface area (Å²) in [5.74, 6) is -2.16. The molecule has 4 rings (SSSR count). The maximum absolute atomic E-state index is 14.2. The molecule has 5 N–H and O–H groups in total. The van der Waals surface area contributed by atoms with E-state index in [0.29, 0.717) is 13.0 Å². The molecule has 1 saturated heterocycles. The lowest BCUT2D eigenvalue weighted by Crippen LogP contribution is -2.61. The average Bonchev–Trinajstić information content (AvgIpc) is 3.22. The van der Waals surface area contributed by atoms with Crippen LogP contribution in [-0.2, 0) is 19.2 Å². The van der Waals surface area contributed by atoms with Gasteiger partial charge in [0.15, 0.2) is 0 Å². The van der Waals surface area contributed by atoms with Crippen LogP contribution < -0.4 is 21.7 Å². The molecule has 230 valence electrons. The van der Waals surface area contributed by atoms with Crippen molar-refractivity contribution >= 4 is 29.5 Å². The first-order chi connectivity index (χ1) is 19.2. The summed E-state index contributed by atoms with van der Waals surface area (Å²) in [6.07, 6.45) is 10.4. The molecule has 0 aromatic heterocycles. The van der Waals surface area contributed by atoms with Crippen molar-refractivity contribution in [1.29, 1.82) is 0 Å². The van der Waals surface area contributed by atoms with Gasteiger partial charge in [-0.05, 0) is 69.1 Å². The van der Waals surface area contributed by atoms with Crippen molar-refractivity contribution < 1.29 is 24.0 Å². The number of fused-ring (bicyclic) bond motifs is 1. The Balaban J connectivity index is 1.55. The fraction of sp³-hybridized carbons (Fsp3) is 0.839. The highest BCUT2D eigenvalue weighted by Crippen LogP contribution is 2.65. The topological polar surface area (TPSA) is 151 Å². The number of Topliss-reactive ketones (excluding diaryl/α,β-unsaturated/α-hetero) is 1. The highest BCUT2D eigenvalue weighted by Gasteiger charge is 2.69. The van der Waals surface area contributed by atoms with Gasteiger partial charge >= 0.3 is 6.03 Å². The van der Waals surface area contributed by atoms with Crippen molar-refractivity contribution in [3.05, 3.63) is 0 Å². The third-order valence-electron chi connectivity index (χ3n) is 10.1. The Kier molecular flexibility index (Phi) is 9.38. The quantitative estimate of drug-likeness (QED) is 0.313. The van der Waals surface area contributed by atoms with Crippen molar-refractivity contribution in [2.24, 2.45) is 34.8 Å². The zero-order valence-electron chi connectivity index (χ0n) is 25.6. The van der Waals surface area contributed by atoms with Crippen LogP contribution >= 0.6 is 0 Å². The Morgan fingerprint density at radius 2 is 1.49 bits per heavy atom. The lowest BCUT2D eigenvalue weighted by atomic mass is 9.83. The number of urea groups is 1. The molecular weight excluding hydrogens is 522 g/mol. The Labute approximate surface area is 244 Å². The summed E-state index contributed by atoms with van der Waals surface area (Å²) in [6, 6.07) is -2.90. The zero-order chi connectivity index (χ0) is 30.1. The number of hydrogen-bond acceptors (Lipinski definition) is 5. The summed E-state index contributed by atoms with van der Waals surface area (Å²) >= 11 is 0. The SMILES string of the molecule is CC(C)(C)NC(=O)N[C@H](C(=O)N1CC2C([C@H]1C(=O)NC(CC1CCCCC1)C(=O)C(N)=O)C2(C)C)C1CCCCC1. The maximum Gasteiger partial charge on any atom is 0.315 e. The van der Waals surface area contributed by atoms with Crippen LogP contribution in [0.2, 0.25) is 0 Å². The zero-order valence-corrected chi connectivity index (χ0v) is 25.6. The molecule has 3 unspecified atom stereocenters. The minimum absolute atomic E-state index is 0.00824. The lowest BCUT2D eigenvalue weighted by Gasteiger charge is -2.37. The summed E-state index contributed by atoms with van der Waals surface area (Å²) in [5, 5.41) is 8.75. The van der Waals surface area contributed by atoms with E-state index in [-0.39, 0.29) is 35.0 Å². The first-order valence-corrected chi connectivity index (χ1v) is 15.7. The van der Waals surface area contributed by atoms with Gasteiger partial charge in [0.1, 0.15) is 12.1 Å². The lowest BCUT2D eigenvalue weighted by molar-refractivity contribution is -0.144. The summed E-state index contributed by atoms with van der Waals surface area (Å²) in [7, 11) is 0. The molecule has 0 spiro atoms. The Hall–Kier alpha value is -2.65. The van der Waals surface area contributed by atoms with Crippen molar-refractivity contribution in [2.45, 2.75) is 129 Å². The molecule has 0 radical (unpaired) electrons. The van der Waals surface area contributed by atoms with Crippen LogP contribution in [0, 0.1) is 29.1 Å².